The molecule has 0 aromatic rings. The van der Waals surface area contributed by atoms with Crippen LogP contribution in [0, 0.1) is 11.8 Å². The first kappa shape index (κ1) is 13.8. The van der Waals surface area contributed by atoms with Gasteiger partial charge in [0.25, 0.3) is 0 Å². The lowest BCUT2D eigenvalue weighted by atomic mass is 9.71. The molecule has 0 saturated heterocycles. The molecule has 0 amide bonds. The molecule has 0 aromatic heterocycles. The van der Waals surface area contributed by atoms with E-state index in [9.17, 15) is 13.2 Å². The van der Waals surface area contributed by atoms with Gasteiger partial charge in [0.15, 0.2) is 0 Å². The van der Waals surface area contributed by atoms with Gasteiger partial charge in [-0.05, 0) is 31.1 Å². The second-order valence-electron chi connectivity index (χ2n) is 5.31. The summed E-state index contributed by atoms with van der Waals surface area (Å²) < 4.78 is 36.6. The van der Waals surface area contributed by atoms with E-state index in [0.717, 1.165) is 19.3 Å². The Labute approximate surface area is 94.8 Å². The highest BCUT2D eigenvalue weighted by Gasteiger charge is 2.39. The molecule has 16 heavy (non-hydrogen) atoms. The number of hydrogen-bond donors (Lipinski definition) is 2. The van der Waals surface area contributed by atoms with Crippen LogP contribution in [0.15, 0.2) is 0 Å². The van der Waals surface area contributed by atoms with Gasteiger partial charge in [0.05, 0.1) is 6.54 Å². The third-order valence-electron chi connectivity index (χ3n) is 3.34. The van der Waals surface area contributed by atoms with Crippen molar-refractivity contribution in [1.29, 1.82) is 0 Å². The minimum absolute atomic E-state index is 0.276. The molecule has 96 valence electrons. The van der Waals surface area contributed by atoms with Crippen LogP contribution >= 0.6 is 0 Å². The SMILES string of the molecule is CC1CC(C)CC(CN)(NCC(F)(F)F)C1. The summed E-state index contributed by atoms with van der Waals surface area (Å²) in [5.74, 6) is 0.876. The molecule has 0 spiro atoms. The largest absolute Gasteiger partial charge is 0.401 e. The molecule has 2 nitrogen and oxygen atoms in total. The lowest BCUT2D eigenvalue weighted by Gasteiger charge is -2.43. The molecule has 5 heteroatoms. The van der Waals surface area contributed by atoms with Crippen molar-refractivity contribution < 1.29 is 13.2 Å². The summed E-state index contributed by atoms with van der Waals surface area (Å²) in [5.41, 5.74) is 5.14. The molecule has 0 aromatic carbocycles. The van der Waals surface area contributed by atoms with Gasteiger partial charge in [-0.25, -0.2) is 0 Å². The van der Waals surface area contributed by atoms with E-state index in [2.05, 4.69) is 19.2 Å². The van der Waals surface area contributed by atoms with E-state index in [1.165, 1.54) is 0 Å². The molecule has 3 N–H and O–H groups in total. The molecule has 1 fully saturated rings. The zero-order chi connectivity index (χ0) is 12.4. The van der Waals surface area contributed by atoms with Gasteiger partial charge in [-0.3, -0.25) is 0 Å². The van der Waals surface area contributed by atoms with Crippen molar-refractivity contribution in [3.8, 4) is 0 Å². The van der Waals surface area contributed by atoms with Crippen molar-refractivity contribution in [2.75, 3.05) is 13.1 Å². The van der Waals surface area contributed by atoms with Gasteiger partial charge in [0.2, 0.25) is 0 Å². The van der Waals surface area contributed by atoms with Gasteiger partial charge in [-0.1, -0.05) is 13.8 Å². The molecule has 2 unspecified atom stereocenters. The van der Waals surface area contributed by atoms with E-state index in [-0.39, 0.29) is 6.54 Å². The predicted molar refractivity (Wildman–Crippen MR) is 58.0 cm³/mol. The Morgan fingerprint density at radius 2 is 1.75 bits per heavy atom. The highest BCUT2D eigenvalue weighted by Crippen LogP contribution is 2.35. The van der Waals surface area contributed by atoms with Gasteiger partial charge in [0, 0.05) is 12.1 Å². The first-order chi connectivity index (χ1) is 7.26. The second-order valence-corrected chi connectivity index (χ2v) is 5.31. The number of halogens is 3. The minimum Gasteiger partial charge on any atom is -0.329 e. The lowest BCUT2D eigenvalue weighted by Crippen LogP contribution is -2.57. The highest BCUT2D eigenvalue weighted by atomic mass is 19.4. The molecule has 1 aliphatic rings. The van der Waals surface area contributed by atoms with Gasteiger partial charge < -0.3 is 11.1 Å². The average molecular weight is 238 g/mol. The molecule has 0 aliphatic heterocycles. The van der Waals surface area contributed by atoms with Crippen LogP contribution in [0.4, 0.5) is 13.2 Å². The number of hydrogen-bond acceptors (Lipinski definition) is 2. The summed E-state index contributed by atoms with van der Waals surface area (Å²) in [4.78, 5) is 0. The van der Waals surface area contributed by atoms with Crippen LogP contribution in [0.25, 0.3) is 0 Å². The van der Waals surface area contributed by atoms with Gasteiger partial charge in [-0.2, -0.15) is 13.2 Å². The fourth-order valence-electron chi connectivity index (χ4n) is 2.94. The Balaban J connectivity index is 2.62. The summed E-state index contributed by atoms with van der Waals surface area (Å²) in [7, 11) is 0. The zero-order valence-electron chi connectivity index (χ0n) is 9.90. The van der Waals surface area contributed by atoms with E-state index in [1.807, 2.05) is 0 Å². The Bertz CT molecular complexity index is 218. The fourth-order valence-corrected chi connectivity index (χ4v) is 2.94. The van der Waals surface area contributed by atoms with Crippen LogP contribution in [0.3, 0.4) is 0 Å². The van der Waals surface area contributed by atoms with Gasteiger partial charge in [0.1, 0.15) is 0 Å². The number of nitrogens with two attached hydrogens (primary N) is 1. The average Bonchev–Trinajstić information content (AvgIpc) is 2.12. The van der Waals surface area contributed by atoms with Gasteiger partial charge >= 0.3 is 6.18 Å². The molecule has 2 atom stereocenters. The van der Waals surface area contributed by atoms with Crippen molar-refractivity contribution in [3.63, 3.8) is 0 Å². The van der Waals surface area contributed by atoms with Crippen LogP contribution in [0.5, 0.6) is 0 Å². The summed E-state index contributed by atoms with van der Waals surface area (Å²) in [6, 6.07) is 0. The minimum atomic E-state index is -4.16. The van der Waals surface area contributed by atoms with E-state index in [0.29, 0.717) is 11.8 Å². The Morgan fingerprint density at radius 1 is 1.25 bits per heavy atom. The van der Waals surface area contributed by atoms with E-state index in [4.69, 9.17) is 5.73 Å². The van der Waals surface area contributed by atoms with Crippen molar-refractivity contribution in [1.82, 2.24) is 5.32 Å². The van der Waals surface area contributed by atoms with E-state index in [1.54, 1.807) is 0 Å². The third kappa shape index (κ3) is 3.94. The van der Waals surface area contributed by atoms with Crippen molar-refractivity contribution in [2.45, 2.75) is 44.8 Å². The van der Waals surface area contributed by atoms with Crippen molar-refractivity contribution in [2.24, 2.45) is 17.6 Å². The highest BCUT2D eigenvalue weighted by molar-refractivity contribution is 4.96. The van der Waals surface area contributed by atoms with E-state index < -0.39 is 18.3 Å². The normalized spacial score (nSPS) is 36.4. The summed E-state index contributed by atoms with van der Waals surface area (Å²) in [6.45, 7) is 3.49. The second kappa shape index (κ2) is 4.92. The van der Waals surface area contributed by atoms with Crippen molar-refractivity contribution in [3.05, 3.63) is 0 Å². The molecule has 0 bridgehead atoms. The van der Waals surface area contributed by atoms with Crippen LogP contribution in [0.2, 0.25) is 0 Å². The number of rotatable bonds is 3. The molecule has 1 rings (SSSR count). The molecular weight excluding hydrogens is 217 g/mol. The first-order valence-electron chi connectivity index (χ1n) is 5.78. The van der Waals surface area contributed by atoms with Crippen LogP contribution in [-0.4, -0.2) is 24.8 Å². The Hall–Kier alpha value is -0.290. The quantitative estimate of drug-likeness (QED) is 0.791. The smallest absolute Gasteiger partial charge is 0.329 e. The molecule has 1 aliphatic carbocycles. The number of alkyl halides is 3. The molecule has 1 saturated carbocycles. The zero-order valence-corrected chi connectivity index (χ0v) is 9.90. The Kier molecular flexibility index (Phi) is 4.23. The fraction of sp³-hybridized carbons (Fsp3) is 1.00. The van der Waals surface area contributed by atoms with E-state index >= 15 is 0 Å². The first-order valence-corrected chi connectivity index (χ1v) is 5.78. The molecule has 0 heterocycles. The van der Waals surface area contributed by atoms with Crippen molar-refractivity contribution >= 4 is 0 Å². The molecular formula is C11H21F3N2. The monoisotopic (exact) mass is 238 g/mol. The number of nitrogens with one attached hydrogen (secondary N) is 1. The van der Waals surface area contributed by atoms with Gasteiger partial charge in [-0.15, -0.1) is 0 Å². The summed E-state index contributed by atoms with van der Waals surface area (Å²) in [5, 5.41) is 2.64. The summed E-state index contributed by atoms with van der Waals surface area (Å²) in [6.07, 6.45) is -1.60. The summed E-state index contributed by atoms with van der Waals surface area (Å²) >= 11 is 0. The Morgan fingerprint density at radius 3 is 2.12 bits per heavy atom. The standard InChI is InChI=1S/C11H21F3N2/c1-8-3-9(2)5-10(4-8,6-15)16-7-11(12,13)14/h8-9,16H,3-7,15H2,1-2H3. The maximum absolute atomic E-state index is 12.2. The van der Waals surface area contributed by atoms with Crippen LogP contribution in [0.1, 0.15) is 33.1 Å². The maximum atomic E-state index is 12.2. The van der Waals surface area contributed by atoms with Crippen LogP contribution < -0.4 is 11.1 Å². The lowest BCUT2D eigenvalue weighted by molar-refractivity contribution is -0.130. The maximum Gasteiger partial charge on any atom is 0.401 e. The predicted octanol–water partition coefficient (Wildman–Crippen LogP) is 2.29. The third-order valence-corrected chi connectivity index (χ3v) is 3.34. The van der Waals surface area contributed by atoms with Crippen LogP contribution in [-0.2, 0) is 0 Å². The molecule has 0 radical (unpaired) electrons. The topological polar surface area (TPSA) is 38.0 Å².